The van der Waals surface area contributed by atoms with Crippen molar-refractivity contribution in [1.82, 2.24) is 4.90 Å². The molecular formula is C14H19NO2S. The van der Waals surface area contributed by atoms with Crippen LogP contribution in [0.1, 0.15) is 33.0 Å². The van der Waals surface area contributed by atoms with E-state index in [9.17, 15) is 9.90 Å². The van der Waals surface area contributed by atoms with E-state index < -0.39 is 0 Å². The van der Waals surface area contributed by atoms with Crippen LogP contribution >= 0.6 is 11.3 Å². The summed E-state index contributed by atoms with van der Waals surface area (Å²) in [6.45, 7) is 5.67. The number of aliphatic hydroxyl groups is 1. The summed E-state index contributed by atoms with van der Waals surface area (Å²) in [5.74, 6) is 0.986. The van der Waals surface area contributed by atoms with Crippen molar-refractivity contribution < 1.29 is 9.90 Å². The van der Waals surface area contributed by atoms with Gasteiger partial charge >= 0.3 is 0 Å². The number of thiophene rings is 1. The Kier molecular flexibility index (Phi) is 2.94. The highest BCUT2D eigenvalue weighted by Crippen LogP contribution is 2.39. The Labute approximate surface area is 111 Å². The van der Waals surface area contributed by atoms with Gasteiger partial charge < -0.3 is 10.0 Å². The highest BCUT2D eigenvalue weighted by Gasteiger charge is 2.43. The zero-order chi connectivity index (χ0) is 12.9. The molecule has 1 aliphatic carbocycles. The Morgan fingerprint density at radius 2 is 2.17 bits per heavy atom. The van der Waals surface area contributed by atoms with Crippen LogP contribution in [0.2, 0.25) is 0 Å². The molecule has 1 saturated carbocycles. The first-order chi connectivity index (χ1) is 8.56. The molecule has 98 valence electrons. The van der Waals surface area contributed by atoms with Crippen molar-refractivity contribution in [3.8, 4) is 0 Å². The number of carbonyl (C=O) groups is 1. The zero-order valence-electron chi connectivity index (χ0n) is 10.8. The van der Waals surface area contributed by atoms with Crippen molar-refractivity contribution in [2.24, 2.45) is 11.8 Å². The number of hydrogen-bond acceptors (Lipinski definition) is 3. The average Bonchev–Trinajstić information content (AvgIpc) is 2.98. The first-order valence-electron chi connectivity index (χ1n) is 6.60. The van der Waals surface area contributed by atoms with E-state index in [1.165, 1.54) is 10.4 Å². The molecule has 1 aromatic rings. The lowest BCUT2D eigenvalue weighted by atomic mass is 10.00. The van der Waals surface area contributed by atoms with Crippen LogP contribution in [0.3, 0.4) is 0 Å². The van der Waals surface area contributed by atoms with E-state index in [1.807, 2.05) is 17.9 Å². The van der Waals surface area contributed by atoms with E-state index in [1.54, 1.807) is 11.3 Å². The van der Waals surface area contributed by atoms with Gasteiger partial charge in [0, 0.05) is 23.9 Å². The summed E-state index contributed by atoms with van der Waals surface area (Å²) in [4.78, 5) is 16.4. The van der Waals surface area contributed by atoms with E-state index in [2.05, 4.69) is 6.92 Å². The minimum atomic E-state index is -0.195. The molecule has 3 unspecified atom stereocenters. The fourth-order valence-electron chi connectivity index (χ4n) is 3.24. The van der Waals surface area contributed by atoms with Crippen LogP contribution < -0.4 is 0 Å². The monoisotopic (exact) mass is 265 g/mol. The second-order valence-electron chi connectivity index (χ2n) is 5.63. The van der Waals surface area contributed by atoms with Gasteiger partial charge in [-0.25, -0.2) is 0 Å². The molecule has 2 fully saturated rings. The summed E-state index contributed by atoms with van der Waals surface area (Å²) in [5.41, 5.74) is 1.20. The molecular weight excluding hydrogens is 246 g/mol. The van der Waals surface area contributed by atoms with Gasteiger partial charge in [-0.3, -0.25) is 4.79 Å². The van der Waals surface area contributed by atoms with Crippen molar-refractivity contribution in [2.45, 2.75) is 32.8 Å². The Morgan fingerprint density at radius 3 is 2.78 bits per heavy atom. The summed E-state index contributed by atoms with van der Waals surface area (Å²) < 4.78 is 0. The highest BCUT2D eigenvalue weighted by atomic mass is 32.1. The summed E-state index contributed by atoms with van der Waals surface area (Å²) in [6, 6.07) is 1.99. The van der Waals surface area contributed by atoms with Crippen LogP contribution in [0, 0.1) is 25.7 Å². The van der Waals surface area contributed by atoms with Crippen LogP contribution in [0.4, 0.5) is 0 Å². The summed E-state index contributed by atoms with van der Waals surface area (Å²) >= 11 is 1.58. The van der Waals surface area contributed by atoms with Gasteiger partial charge in [0.1, 0.15) is 0 Å². The van der Waals surface area contributed by atoms with Crippen molar-refractivity contribution in [3.05, 3.63) is 21.4 Å². The van der Waals surface area contributed by atoms with Gasteiger partial charge in [0.15, 0.2) is 0 Å². The molecule has 0 aromatic carbocycles. The first kappa shape index (κ1) is 12.2. The van der Waals surface area contributed by atoms with E-state index in [-0.39, 0.29) is 12.0 Å². The third-order valence-electron chi connectivity index (χ3n) is 4.48. The summed E-state index contributed by atoms with van der Waals surface area (Å²) in [5, 5.41) is 9.88. The van der Waals surface area contributed by atoms with Crippen LogP contribution in [-0.4, -0.2) is 35.1 Å². The van der Waals surface area contributed by atoms with Crippen molar-refractivity contribution >= 4 is 17.2 Å². The summed E-state index contributed by atoms with van der Waals surface area (Å²) in [7, 11) is 0. The zero-order valence-corrected chi connectivity index (χ0v) is 11.7. The van der Waals surface area contributed by atoms with Gasteiger partial charge in [-0.2, -0.15) is 0 Å². The lowest BCUT2D eigenvalue weighted by Crippen LogP contribution is -2.30. The van der Waals surface area contributed by atoms with E-state index in [4.69, 9.17) is 0 Å². The van der Waals surface area contributed by atoms with Crippen molar-refractivity contribution in [2.75, 3.05) is 13.1 Å². The van der Waals surface area contributed by atoms with Gasteiger partial charge in [-0.05, 0) is 44.2 Å². The Balaban J connectivity index is 1.75. The van der Waals surface area contributed by atoms with Crippen LogP contribution in [0.25, 0.3) is 0 Å². The van der Waals surface area contributed by atoms with Crippen LogP contribution in [0.15, 0.2) is 6.07 Å². The number of rotatable bonds is 1. The molecule has 1 aromatic heterocycles. The molecule has 2 heterocycles. The lowest BCUT2D eigenvalue weighted by molar-refractivity contribution is 0.0757. The maximum Gasteiger partial charge on any atom is 0.263 e. The average molecular weight is 265 g/mol. The number of amides is 1. The maximum absolute atomic E-state index is 12.4. The number of likely N-dealkylation sites (tertiary alicyclic amines) is 1. The second-order valence-corrected chi connectivity index (χ2v) is 6.88. The summed E-state index contributed by atoms with van der Waals surface area (Å²) in [6.07, 6.45) is 1.78. The molecule has 3 rings (SSSR count). The maximum atomic E-state index is 12.4. The number of aryl methyl sites for hydroxylation is 2. The molecule has 3 nitrogen and oxygen atoms in total. The SMILES string of the molecule is Cc1cc(C(=O)N2CC3CCC(O)C3C2)sc1C. The molecule has 1 saturated heterocycles. The minimum Gasteiger partial charge on any atom is -0.393 e. The van der Waals surface area contributed by atoms with Crippen LogP contribution in [-0.2, 0) is 0 Å². The normalized spacial score (nSPS) is 30.8. The van der Waals surface area contributed by atoms with Crippen LogP contribution in [0.5, 0.6) is 0 Å². The standard InChI is InChI=1S/C14H19NO2S/c1-8-5-13(18-9(8)2)14(17)15-6-10-3-4-12(16)11(10)7-15/h5,10-12,16H,3-4,6-7H2,1-2H3. The van der Waals surface area contributed by atoms with E-state index in [0.717, 1.165) is 30.8 Å². The van der Waals surface area contributed by atoms with Gasteiger partial charge in [0.05, 0.1) is 11.0 Å². The predicted molar refractivity (Wildman–Crippen MR) is 71.9 cm³/mol. The Hall–Kier alpha value is -0.870. The quantitative estimate of drug-likeness (QED) is 0.845. The second kappa shape index (κ2) is 4.35. The Bertz CT molecular complexity index is 463. The number of aliphatic hydroxyl groups excluding tert-OH is 1. The molecule has 0 bridgehead atoms. The molecule has 0 spiro atoms. The predicted octanol–water partition coefficient (Wildman–Crippen LogP) is 2.21. The van der Waals surface area contributed by atoms with Gasteiger partial charge in [-0.15, -0.1) is 11.3 Å². The third kappa shape index (κ3) is 1.88. The molecule has 3 atom stereocenters. The number of fused-ring (bicyclic) bond motifs is 1. The lowest BCUT2D eigenvalue weighted by Gasteiger charge is -2.17. The smallest absolute Gasteiger partial charge is 0.263 e. The first-order valence-corrected chi connectivity index (χ1v) is 7.42. The van der Waals surface area contributed by atoms with Gasteiger partial charge in [-0.1, -0.05) is 0 Å². The fraction of sp³-hybridized carbons (Fsp3) is 0.643. The van der Waals surface area contributed by atoms with Gasteiger partial charge in [0.2, 0.25) is 0 Å². The van der Waals surface area contributed by atoms with E-state index >= 15 is 0 Å². The topological polar surface area (TPSA) is 40.5 Å². The molecule has 4 heteroatoms. The molecule has 18 heavy (non-hydrogen) atoms. The fourth-order valence-corrected chi connectivity index (χ4v) is 4.24. The minimum absolute atomic E-state index is 0.151. The van der Waals surface area contributed by atoms with E-state index in [0.29, 0.717) is 11.8 Å². The Morgan fingerprint density at radius 1 is 1.39 bits per heavy atom. The largest absolute Gasteiger partial charge is 0.393 e. The molecule has 2 aliphatic rings. The number of nitrogens with zero attached hydrogens (tertiary/aromatic N) is 1. The number of hydrogen-bond donors (Lipinski definition) is 1. The molecule has 1 amide bonds. The number of carbonyl (C=O) groups excluding carboxylic acids is 1. The van der Waals surface area contributed by atoms with Gasteiger partial charge in [0.25, 0.3) is 5.91 Å². The van der Waals surface area contributed by atoms with Crippen molar-refractivity contribution in [1.29, 1.82) is 0 Å². The van der Waals surface area contributed by atoms with Crippen molar-refractivity contribution in [3.63, 3.8) is 0 Å². The third-order valence-corrected chi connectivity index (χ3v) is 5.62. The molecule has 1 aliphatic heterocycles. The molecule has 1 N–H and O–H groups in total. The highest BCUT2D eigenvalue weighted by molar-refractivity contribution is 7.14. The molecule has 0 radical (unpaired) electrons.